The molecule has 3 N–H and O–H groups in total. The number of allylic oxidation sites excluding steroid dienone is 1. The summed E-state index contributed by atoms with van der Waals surface area (Å²) >= 11 is 0. The Balaban J connectivity index is 1.99. The van der Waals surface area contributed by atoms with E-state index in [1.54, 1.807) is 7.11 Å². The van der Waals surface area contributed by atoms with Crippen molar-refractivity contribution < 1.29 is 9.47 Å². The van der Waals surface area contributed by atoms with Gasteiger partial charge in [0.15, 0.2) is 0 Å². The van der Waals surface area contributed by atoms with Crippen LogP contribution in [-0.4, -0.2) is 17.3 Å². The van der Waals surface area contributed by atoms with Gasteiger partial charge in [0.2, 0.25) is 11.8 Å². The van der Waals surface area contributed by atoms with Crippen LogP contribution in [-0.2, 0) is 0 Å². The molecule has 26 heavy (non-hydrogen) atoms. The van der Waals surface area contributed by atoms with Crippen LogP contribution in [0.5, 0.6) is 11.6 Å². The van der Waals surface area contributed by atoms with Crippen molar-refractivity contribution in [3.8, 4) is 29.0 Å². The van der Waals surface area contributed by atoms with Crippen molar-refractivity contribution in [2.24, 2.45) is 5.73 Å². The van der Waals surface area contributed by atoms with Gasteiger partial charge in [-0.1, -0.05) is 48.5 Å². The van der Waals surface area contributed by atoms with Crippen LogP contribution in [0.25, 0.3) is 11.3 Å². The molecule has 1 aliphatic rings. The molecule has 0 saturated heterocycles. The lowest BCUT2D eigenvalue weighted by Gasteiger charge is -2.25. The van der Waals surface area contributed by atoms with Gasteiger partial charge in [0, 0.05) is 5.56 Å². The number of hydrogen-bond donors (Lipinski definition) is 2. The Hall–Kier alpha value is -3.72. The number of aromatic nitrogens is 2. The standard InChI is InChI=1S/C20H16N4O2/c1-25-15-10-6-5-9-13(15)16-14(11-21)19(22)26-20-17(16)18(23-24-20)12-7-3-2-4-8-12/h2-10,16H,22H2,1H3,(H,23,24)/t16-/m1/s1. The molecule has 0 radical (unpaired) electrons. The fourth-order valence-electron chi connectivity index (χ4n) is 3.29. The summed E-state index contributed by atoms with van der Waals surface area (Å²) in [4.78, 5) is 0. The average molecular weight is 344 g/mol. The van der Waals surface area contributed by atoms with Crippen LogP contribution in [0.2, 0.25) is 0 Å². The molecule has 128 valence electrons. The molecule has 6 heteroatoms. The van der Waals surface area contributed by atoms with Crippen molar-refractivity contribution in [3.63, 3.8) is 0 Å². The number of rotatable bonds is 3. The Kier molecular flexibility index (Phi) is 3.82. The van der Waals surface area contributed by atoms with Crippen LogP contribution in [0.1, 0.15) is 17.0 Å². The van der Waals surface area contributed by atoms with E-state index < -0.39 is 5.92 Å². The molecule has 0 fully saturated rings. The Morgan fingerprint density at radius 2 is 1.88 bits per heavy atom. The van der Waals surface area contributed by atoms with E-state index >= 15 is 0 Å². The van der Waals surface area contributed by atoms with Crippen molar-refractivity contribution >= 4 is 0 Å². The summed E-state index contributed by atoms with van der Waals surface area (Å²) in [6, 6.07) is 19.5. The summed E-state index contributed by atoms with van der Waals surface area (Å²) in [6.45, 7) is 0. The molecule has 2 aromatic carbocycles. The molecule has 6 nitrogen and oxygen atoms in total. The minimum atomic E-state index is -0.436. The number of nitrogens with two attached hydrogens (primary N) is 1. The maximum absolute atomic E-state index is 9.74. The summed E-state index contributed by atoms with van der Waals surface area (Å²) < 4.78 is 11.1. The van der Waals surface area contributed by atoms with Gasteiger partial charge >= 0.3 is 0 Å². The van der Waals surface area contributed by atoms with E-state index in [1.165, 1.54) is 0 Å². The molecular weight excluding hydrogens is 328 g/mol. The number of para-hydroxylation sites is 1. The summed E-state index contributed by atoms with van der Waals surface area (Å²) in [7, 11) is 1.60. The van der Waals surface area contributed by atoms with Crippen LogP contribution in [0.15, 0.2) is 66.1 Å². The van der Waals surface area contributed by atoms with Crippen LogP contribution in [0, 0.1) is 11.3 Å². The first-order valence-electron chi connectivity index (χ1n) is 8.08. The summed E-state index contributed by atoms with van der Waals surface area (Å²) in [5, 5.41) is 17.0. The highest BCUT2D eigenvalue weighted by molar-refractivity contribution is 5.71. The maximum Gasteiger partial charge on any atom is 0.244 e. The second-order valence-corrected chi connectivity index (χ2v) is 5.85. The number of methoxy groups -OCH3 is 1. The lowest BCUT2D eigenvalue weighted by Crippen LogP contribution is -2.21. The molecule has 0 spiro atoms. The molecule has 4 rings (SSSR count). The molecule has 3 aromatic rings. The van der Waals surface area contributed by atoms with E-state index in [0.717, 1.165) is 22.4 Å². The van der Waals surface area contributed by atoms with Crippen LogP contribution in [0.3, 0.4) is 0 Å². The third kappa shape index (κ3) is 2.38. The molecule has 1 aliphatic heterocycles. The fourth-order valence-corrected chi connectivity index (χ4v) is 3.29. The van der Waals surface area contributed by atoms with Crippen molar-refractivity contribution in [2.45, 2.75) is 5.92 Å². The molecule has 0 amide bonds. The van der Waals surface area contributed by atoms with Gasteiger partial charge in [-0.2, -0.15) is 5.26 Å². The number of benzene rings is 2. The van der Waals surface area contributed by atoms with Gasteiger partial charge in [-0.15, -0.1) is 5.10 Å². The summed E-state index contributed by atoms with van der Waals surface area (Å²) in [5.41, 5.74) is 9.68. The number of nitrogens with one attached hydrogen (secondary N) is 1. The number of nitriles is 1. The Bertz CT molecular complexity index is 1030. The lowest BCUT2D eigenvalue weighted by atomic mass is 9.82. The molecule has 0 saturated carbocycles. The van der Waals surface area contributed by atoms with Gasteiger partial charge in [-0.05, 0) is 11.6 Å². The van der Waals surface area contributed by atoms with E-state index in [9.17, 15) is 5.26 Å². The van der Waals surface area contributed by atoms with Crippen molar-refractivity contribution in [1.82, 2.24) is 10.2 Å². The lowest BCUT2D eigenvalue weighted by molar-refractivity contribution is 0.375. The number of ether oxygens (including phenoxy) is 2. The second kappa shape index (κ2) is 6.30. The third-order valence-corrected chi connectivity index (χ3v) is 4.45. The Morgan fingerprint density at radius 1 is 1.15 bits per heavy atom. The molecule has 0 bridgehead atoms. The smallest absolute Gasteiger partial charge is 0.244 e. The van der Waals surface area contributed by atoms with Crippen molar-refractivity contribution in [2.75, 3.05) is 7.11 Å². The number of aromatic amines is 1. The van der Waals surface area contributed by atoms with Gasteiger partial charge in [-0.3, -0.25) is 5.10 Å². The van der Waals surface area contributed by atoms with E-state index in [1.807, 2.05) is 54.6 Å². The molecule has 1 aromatic heterocycles. The Labute approximate surface area is 150 Å². The average Bonchev–Trinajstić information content (AvgIpc) is 3.10. The molecule has 0 aliphatic carbocycles. The van der Waals surface area contributed by atoms with Crippen molar-refractivity contribution in [3.05, 3.63) is 77.2 Å². The van der Waals surface area contributed by atoms with E-state index in [0.29, 0.717) is 17.2 Å². The SMILES string of the molecule is COc1ccccc1[C@@H]1C(C#N)=C(N)Oc2n[nH]c(-c3ccccc3)c21. The second-order valence-electron chi connectivity index (χ2n) is 5.85. The van der Waals surface area contributed by atoms with Gasteiger partial charge in [-0.25, -0.2) is 0 Å². The molecule has 2 heterocycles. The third-order valence-electron chi connectivity index (χ3n) is 4.45. The highest BCUT2D eigenvalue weighted by Gasteiger charge is 2.36. The number of hydrogen-bond acceptors (Lipinski definition) is 5. The number of fused-ring (bicyclic) bond motifs is 1. The van der Waals surface area contributed by atoms with Gasteiger partial charge in [0.1, 0.15) is 17.4 Å². The molecular formula is C20H16N4O2. The molecule has 1 atom stereocenters. The number of H-pyrrole nitrogens is 1. The van der Waals surface area contributed by atoms with E-state index in [-0.39, 0.29) is 5.88 Å². The van der Waals surface area contributed by atoms with E-state index in [4.69, 9.17) is 15.2 Å². The minimum Gasteiger partial charge on any atom is -0.496 e. The first-order chi connectivity index (χ1) is 12.7. The number of nitrogens with zero attached hydrogens (tertiary/aromatic N) is 2. The minimum absolute atomic E-state index is 0.0574. The Morgan fingerprint density at radius 3 is 2.62 bits per heavy atom. The first kappa shape index (κ1) is 15.8. The fraction of sp³-hybridized carbons (Fsp3) is 0.100. The maximum atomic E-state index is 9.74. The van der Waals surface area contributed by atoms with Gasteiger partial charge < -0.3 is 15.2 Å². The van der Waals surface area contributed by atoms with E-state index in [2.05, 4.69) is 16.3 Å². The highest BCUT2D eigenvalue weighted by atomic mass is 16.5. The van der Waals surface area contributed by atoms with Crippen LogP contribution >= 0.6 is 0 Å². The predicted molar refractivity (Wildman–Crippen MR) is 96.3 cm³/mol. The quantitative estimate of drug-likeness (QED) is 0.760. The zero-order valence-corrected chi connectivity index (χ0v) is 14.1. The van der Waals surface area contributed by atoms with Crippen LogP contribution in [0.4, 0.5) is 0 Å². The monoisotopic (exact) mass is 344 g/mol. The summed E-state index contributed by atoms with van der Waals surface area (Å²) in [5.74, 6) is 0.665. The zero-order chi connectivity index (χ0) is 18.1. The zero-order valence-electron chi connectivity index (χ0n) is 14.1. The van der Waals surface area contributed by atoms with Gasteiger partial charge in [0.05, 0.1) is 24.3 Å². The molecule has 0 unspecified atom stereocenters. The largest absolute Gasteiger partial charge is 0.496 e. The normalized spacial score (nSPS) is 15.8. The van der Waals surface area contributed by atoms with Gasteiger partial charge in [0.25, 0.3) is 0 Å². The topological polar surface area (TPSA) is 96.9 Å². The first-order valence-corrected chi connectivity index (χ1v) is 8.08. The van der Waals surface area contributed by atoms with Crippen LogP contribution < -0.4 is 15.2 Å². The highest BCUT2D eigenvalue weighted by Crippen LogP contribution is 2.47. The predicted octanol–water partition coefficient (Wildman–Crippen LogP) is 3.30. The summed E-state index contributed by atoms with van der Waals surface area (Å²) in [6.07, 6.45) is 0. The van der Waals surface area contributed by atoms with Crippen molar-refractivity contribution in [1.29, 1.82) is 5.26 Å².